The van der Waals surface area contributed by atoms with Gasteiger partial charge < -0.3 is 0 Å². The Morgan fingerprint density at radius 1 is 0.405 bits per heavy atom. The molecule has 0 atom stereocenters. The van der Waals surface area contributed by atoms with Crippen molar-refractivity contribution < 1.29 is 14.1 Å². The van der Waals surface area contributed by atoms with Crippen LogP contribution in [0.15, 0.2) is 72.8 Å². The summed E-state index contributed by atoms with van der Waals surface area (Å²) in [6.07, 6.45) is 0. The fraction of sp³-hybridized carbons (Fsp3) is 0.455. The summed E-state index contributed by atoms with van der Waals surface area (Å²) in [5.74, 6) is 0. The third-order valence-electron chi connectivity index (χ3n) is 7.44. The minimum absolute atomic E-state index is 1.01. The first-order valence-corrected chi connectivity index (χ1v) is 16.2. The van der Waals surface area contributed by atoms with Crippen LogP contribution >= 0.6 is 0 Å². The quantitative estimate of drug-likeness (QED) is 0.266. The summed E-state index contributed by atoms with van der Waals surface area (Å²) in [5.41, 5.74) is 4.48. The standard InChI is InChI=1S/3C11H16N.Cr/c3*1-3-12(4-2)10-11-8-6-5-7-9-11;/h3*5-8H,3-4,10H2,1-2H3;. The van der Waals surface area contributed by atoms with Crippen molar-refractivity contribution in [2.45, 2.75) is 61.2 Å². The molecule has 0 aliphatic rings. The van der Waals surface area contributed by atoms with Gasteiger partial charge in [0.1, 0.15) is 0 Å². The molecule has 0 spiro atoms. The second kappa shape index (κ2) is 15.5. The van der Waals surface area contributed by atoms with Crippen LogP contribution < -0.4 is 13.3 Å². The molecule has 0 unspecified atom stereocenters. The minimum atomic E-state index is -1.55. The summed E-state index contributed by atoms with van der Waals surface area (Å²) in [5, 5.41) is 0. The van der Waals surface area contributed by atoms with Crippen molar-refractivity contribution in [3.63, 3.8) is 0 Å². The van der Waals surface area contributed by atoms with Gasteiger partial charge in [0.15, 0.2) is 0 Å². The topological polar surface area (TPSA) is 9.72 Å². The number of nitrogens with zero attached hydrogens (tertiary/aromatic N) is 3. The van der Waals surface area contributed by atoms with Gasteiger partial charge in [-0.25, -0.2) is 0 Å². The van der Waals surface area contributed by atoms with Crippen molar-refractivity contribution in [3.05, 3.63) is 89.5 Å². The van der Waals surface area contributed by atoms with Crippen molar-refractivity contribution >= 4 is 13.3 Å². The van der Waals surface area contributed by atoms with E-state index in [2.05, 4.69) is 129 Å². The molecule has 0 fully saturated rings. The maximum absolute atomic E-state index is 2.55. The molecule has 0 N–H and O–H groups in total. The monoisotopic (exact) mass is 538 g/mol. The zero-order valence-electron chi connectivity index (χ0n) is 24.0. The maximum atomic E-state index is 2.55. The van der Waals surface area contributed by atoms with Crippen LogP contribution in [0.2, 0.25) is 0 Å². The molecule has 0 aliphatic carbocycles. The summed E-state index contributed by atoms with van der Waals surface area (Å²) < 4.78 is 4.69. The Kier molecular flexibility index (Phi) is 12.4. The number of rotatable bonds is 15. The van der Waals surface area contributed by atoms with Crippen molar-refractivity contribution in [1.82, 2.24) is 14.7 Å². The van der Waals surface area contributed by atoms with Gasteiger partial charge in [0.2, 0.25) is 0 Å². The Balaban J connectivity index is 2.24. The van der Waals surface area contributed by atoms with Gasteiger partial charge >= 0.3 is 232 Å². The summed E-state index contributed by atoms with van der Waals surface area (Å²) >= 11 is -1.55. The van der Waals surface area contributed by atoms with Gasteiger partial charge in [0.25, 0.3) is 0 Å². The van der Waals surface area contributed by atoms with Crippen molar-refractivity contribution in [1.29, 1.82) is 0 Å². The number of hydrogen-bond acceptors (Lipinski definition) is 3. The van der Waals surface area contributed by atoms with Crippen molar-refractivity contribution in [3.8, 4) is 0 Å². The molecule has 0 aliphatic heterocycles. The fourth-order valence-corrected chi connectivity index (χ4v) is 8.89. The molecule has 3 nitrogen and oxygen atoms in total. The Hall–Kier alpha value is -1.93. The van der Waals surface area contributed by atoms with Gasteiger partial charge in [0, 0.05) is 0 Å². The Bertz CT molecular complexity index is 934. The molecule has 0 radical (unpaired) electrons. The average molecular weight is 539 g/mol. The SMILES string of the molecule is CCN(CC)Cc1cccc[c]1[Cr]([c]1ccccc1CN(CC)CC)[c]1ccccc1CN(CC)CC. The van der Waals surface area contributed by atoms with Gasteiger partial charge in [0.05, 0.1) is 0 Å². The van der Waals surface area contributed by atoms with Gasteiger partial charge in [-0.2, -0.15) is 0 Å². The molecule has 37 heavy (non-hydrogen) atoms. The van der Waals surface area contributed by atoms with E-state index in [4.69, 9.17) is 0 Å². The molecule has 0 aromatic heterocycles. The van der Waals surface area contributed by atoms with Crippen LogP contribution in [-0.2, 0) is 33.8 Å². The van der Waals surface area contributed by atoms with E-state index >= 15 is 0 Å². The molecule has 4 heteroatoms. The molecule has 201 valence electrons. The Morgan fingerprint density at radius 3 is 0.892 bits per heavy atom. The van der Waals surface area contributed by atoms with Crippen LogP contribution in [0.4, 0.5) is 0 Å². The first-order chi connectivity index (χ1) is 18.1. The first kappa shape index (κ1) is 29.6. The van der Waals surface area contributed by atoms with E-state index in [1.165, 1.54) is 16.7 Å². The van der Waals surface area contributed by atoms with E-state index in [1.807, 2.05) is 0 Å². The number of benzene rings is 3. The zero-order valence-corrected chi connectivity index (χ0v) is 25.3. The predicted molar refractivity (Wildman–Crippen MR) is 158 cm³/mol. The van der Waals surface area contributed by atoms with E-state index in [1.54, 1.807) is 13.3 Å². The van der Waals surface area contributed by atoms with Gasteiger partial charge in [-0.05, 0) is 0 Å². The summed E-state index contributed by atoms with van der Waals surface area (Å²) in [4.78, 5) is 7.64. The normalized spacial score (nSPS) is 11.8. The van der Waals surface area contributed by atoms with E-state index in [-0.39, 0.29) is 0 Å². The first-order valence-electron chi connectivity index (χ1n) is 14.2. The molecule has 0 saturated heterocycles. The van der Waals surface area contributed by atoms with Crippen molar-refractivity contribution in [2.75, 3.05) is 39.3 Å². The van der Waals surface area contributed by atoms with Crippen LogP contribution in [-0.4, -0.2) is 54.0 Å². The molecule has 0 saturated carbocycles. The molecule has 3 rings (SSSR count). The predicted octanol–water partition coefficient (Wildman–Crippen LogP) is 5.11. The van der Waals surface area contributed by atoms with E-state index in [0.717, 1.165) is 58.9 Å². The van der Waals surface area contributed by atoms with Crippen LogP contribution in [0.25, 0.3) is 0 Å². The molecule has 0 amide bonds. The van der Waals surface area contributed by atoms with Crippen LogP contribution in [0.1, 0.15) is 58.2 Å². The van der Waals surface area contributed by atoms with Gasteiger partial charge in [-0.15, -0.1) is 0 Å². The van der Waals surface area contributed by atoms with E-state index in [0.29, 0.717) is 0 Å². The summed E-state index contributed by atoms with van der Waals surface area (Å²) in [7, 11) is 0. The van der Waals surface area contributed by atoms with E-state index < -0.39 is 14.1 Å². The molecule has 0 bridgehead atoms. The average Bonchev–Trinajstić information content (AvgIpc) is 2.95. The third kappa shape index (κ3) is 7.79. The number of hydrogen-bond donors (Lipinski definition) is 0. The second-order valence-corrected chi connectivity index (χ2v) is 12.5. The summed E-state index contributed by atoms with van der Waals surface area (Å²) in [6, 6.07) is 27.9. The molecular weight excluding hydrogens is 490 g/mol. The zero-order chi connectivity index (χ0) is 26.6. The van der Waals surface area contributed by atoms with Crippen LogP contribution in [0.3, 0.4) is 0 Å². The van der Waals surface area contributed by atoms with Gasteiger partial charge in [-0.3, -0.25) is 0 Å². The van der Waals surface area contributed by atoms with E-state index in [9.17, 15) is 0 Å². The molecule has 0 heterocycles. The summed E-state index contributed by atoms with van der Waals surface area (Å²) in [6.45, 7) is 23.2. The Morgan fingerprint density at radius 2 is 0.649 bits per heavy atom. The molecule has 3 aromatic carbocycles. The van der Waals surface area contributed by atoms with Crippen molar-refractivity contribution in [2.24, 2.45) is 0 Å². The fourth-order valence-electron chi connectivity index (χ4n) is 4.92. The van der Waals surface area contributed by atoms with Crippen LogP contribution in [0.5, 0.6) is 0 Å². The molecule has 3 aromatic rings. The third-order valence-corrected chi connectivity index (χ3v) is 11.4. The second-order valence-electron chi connectivity index (χ2n) is 9.51. The Labute approximate surface area is 231 Å². The van der Waals surface area contributed by atoms with Crippen LogP contribution in [0, 0.1) is 0 Å². The van der Waals surface area contributed by atoms with Gasteiger partial charge in [-0.1, -0.05) is 0 Å². The molecular formula is C33H48CrN3.